The number of likely N-dealkylation sites (N-methyl/N-ethyl adjacent to an activating group) is 1. The molecule has 0 fully saturated rings. The summed E-state index contributed by atoms with van der Waals surface area (Å²) in [6.07, 6.45) is 2.95. The van der Waals surface area contributed by atoms with Gasteiger partial charge in [0.1, 0.15) is 0 Å². The van der Waals surface area contributed by atoms with Crippen molar-refractivity contribution in [2.24, 2.45) is 0 Å². The molecule has 134 valence electrons. The van der Waals surface area contributed by atoms with E-state index >= 15 is 0 Å². The van der Waals surface area contributed by atoms with Gasteiger partial charge in [0.25, 0.3) is 5.91 Å². The molecular weight excluding hydrogens is 322 g/mol. The summed E-state index contributed by atoms with van der Waals surface area (Å²) in [7, 11) is 4.14. The van der Waals surface area contributed by atoms with E-state index in [0.717, 1.165) is 41.7 Å². The molecule has 4 heteroatoms. The van der Waals surface area contributed by atoms with Crippen molar-refractivity contribution in [3.63, 3.8) is 0 Å². The zero-order chi connectivity index (χ0) is 18.3. The van der Waals surface area contributed by atoms with Crippen LogP contribution in [0.15, 0.2) is 54.7 Å². The first kappa shape index (κ1) is 16.9. The van der Waals surface area contributed by atoms with Crippen molar-refractivity contribution in [1.29, 1.82) is 0 Å². The van der Waals surface area contributed by atoms with Crippen LogP contribution in [0.2, 0.25) is 0 Å². The zero-order valence-electron chi connectivity index (χ0n) is 15.6. The zero-order valence-corrected chi connectivity index (χ0v) is 15.6. The van der Waals surface area contributed by atoms with Crippen LogP contribution in [0.25, 0.3) is 10.9 Å². The summed E-state index contributed by atoms with van der Waals surface area (Å²) in [5.74, 6) is 0.0993. The molecule has 4 nitrogen and oxygen atoms in total. The minimum absolute atomic E-state index is 0.0993. The molecule has 2 heterocycles. The Labute approximate surface area is 154 Å². The number of carbonyl (C=O) groups excluding carboxylic acids is 1. The first-order chi connectivity index (χ1) is 12.6. The summed E-state index contributed by atoms with van der Waals surface area (Å²) in [5.41, 5.74) is 4.22. The van der Waals surface area contributed by atoms with E-state index in [1.54, 1.807) is 0 Å². The van der Waals surface area contributed by atoms with Crippen LogP contribution in [-0.4, -0.2) is 42.1 Å². The van der Waals surface area contributed by atoms with E-state index in [1.807, 2.05) is 35.4 Å². The van der Waals surface area contributed by atoms with E-state index in [9.17, 15) is 4.79 Å². The van der Waals surface area contributed by atoms with Gasteiger partial charge in [-0.05, 0) is 45.1 Å². The van der Waals surface area contributed by atoms with Gasteiger partial charge in [0.2, 0.25) is 0 Å². The highest BCUT2D eigenvalue weighted by atomic mass is 16.2. The van der Waals surface area contributed by atoms with Crippen LogP contribution in [0.3, 0.4) is 0 Å². The third kappa shape index (κ3) is 2.80. The number of rotatable bonds is 4. The summed E-state index contributed by atoms with van der Waals surface area (Å²) < 4.78 is 2.20. The van der Waals surface area contributed by atoms with Gasteiger partial charge in [-0.2, -0.15) is 0 Å². The fourth-order valence-electron chi connectivity index (χ4n) is 3.91. The summed E-state index contributed by atoms with van der Waals surface area (Å²) >= 11 is 0. The van der Waals surface area contributed by atoms with Crippen LogP contribution in [0.4, 0.5) is 5.69 Å². The average molecular weight is 347 g/mol. The molecule has 0 saturated heterocycles. The number of anilines is 1. The van der Waals surface area contributed by atoms with Gasteiger partial charge in [0, 0.05) is 41.9 Å². The number of amides is 1. The van der Waals surface area contributed by atoms with E-state index < -0.39 is 0 Å². The largest absolute Gasteiger partial charge is 0.345 e. The molecule has 0 radical (unpaired) electrons. The number of nitrogens with zero attached hydrogens (tertiary/aromatic N) is 3. The SMILES string of the molecule is CC1Cc2ccccc2N1C(=O)c1cn(CCN(C)C)c2ccccc12. The van der Waals surface area contributed by atoms with Crippen molar-refractivity contribution >= 4 is 22.5 Å². The predicted octanol–water partition coefficient (Wildman–Crippen LogP) is 3.79. The van der Waals surface area contributed by atoms with E-state index in [-0.39, 0.29) is 11.9 Å². The Balaban J connectivity index is 1.76. The summed E-state index contributed by atoms with van der Waals surface area (Å²) in [5, 5.41) is 1.04. The maximum absolute atomic E-state index is 13.5. The molecule has 0 spiro atoms. The van der Waals surface area contributed by atoms with Crippen molar-refractivity contribution in [2.45, 2.75) is 25.9 Å². The lowest BCUT2D eigenvalue weighted by Gasteiger charge is -2.22. The highest BCUT2D eigenvalue weighted by Crippen LogP contribution is 2.34. The third-order valence-electron chi connectivity index (χ3n) is 5.23. The van der Waals surface area contributed by atoms with Crippen LogP contribution in [0, 0.1) is 0 Å². The molecule has 3 aromatic rings. The minimum Gasteiger partial charge on any atom is -0.345 e. The monoisotopic (exact) mass is 347 g/mol. The van der Waals surface area contributed by atoms with Gasteiger partial charge in [0.15, 0.2) is 0 Å². The van der Waals surface area contributed by atoms with E-state index in [4.69, 9.17) is 0 Å². The molecule has 1 unspecified atom stereocenters. The molecule has 1 amide bonds. The molecular formula is C22H25N3O. The molecule has 0 bridgehead atoms. The van der Waals surface area contributed by atoms with Crippen LogP contribution in [-0.2, 0) is 13.0 Å². The molecule has 2 aromatic carbocycles. The lowest BCUT2D eigenvalue weighted by atomic mass is 10.1. The Morgan fingerprint density at radius 3 is 2.65 bits per heavy atom. The molecule has 0 N–H and O–H groups in total. The maximum atomic E-state index is 13.5. The molecule has 4 rings (SSSR count). The normalized spacial score (nSPS) is 16.5. The van der Waals surface area contributed by atoms with Gasteiger partial charge in [0.05, 0.1) is 5.56 Å². The standard InChI is InChI=1S/C22H25N3O/c1-16-14-17-8-4-6-10-20(17)25(16)22(26)19-15-24(13-12-23(2)3)21-11-7-5-9-18(19)21/h4-11,15-16H,12-14H2,1-3H3. The van der Waals surface area contributed by atoms with Gasteiger partial charge < -0.3 is 14.4 Å². The number of hydrogen-bond acceptors (Lipinski definition) is 2. The summed E-state index contributed by atoms with van der Waals surface area (Å²) in [6, 6.07) is 16.6. The van der Waals surface area contributed by atoms with E-state index in [1.165, 1.54) is 5.56 Å². The average Bonchev–Trinajstić information content (AvgIpc) is 3.16. The molecule has 1 aromatic heterocycles. The summed E-state index contributed by atoms with van der Waals surface area (Å²) in [4.78, 5) is 17.6. The van der Waals surface area contributed by atoms with Crippen molar-refractivity contribution in [3.8, 4) is 0 Å². The fourth-order valence-corrected chi connectivity index (χ4v) is 3.91. The minimum atomic E-state index is 0.0993. The molecule has 26 heavy (non-hydrogen) atoms. The topological polar surface area (TPSA) is 28.5 Å². The Bertz CT molecular complexity index is 957. The van der Waals surface area contributed by atoms with Crippen molar-refractivity contribution in [2.75, 3.05) is 25.5 Å². The fraction of sp³-hybridized carbons (Fsp3) is 0.318. The van der Waals surface area contributed by atoms with Crippen LogP contribution in [0.1, 0.15) is 22.8 Å². The highest BCUT2D eigenvalue weighted by Gasteiger charge is 2.32. The summed E-state index contributed by atoms with van der Waals surface area (Å²) in [6.45, 7) is 3.94. The van der Waals surface area contributed by atoms with Gasteiger partial charge in [-0.1, -0.05) is 36.4 Å². The number of carbonyl (C=O) groups is 1. The molecule has 1 aliphatic heterocycles. The highest BCUT2D eigenvalue weighted by molar-refractivity contribution is 6.15. The lowest BCUT2D eigenvalue weighted by Crippen LogP contribution is -2.35. The maximum Gasteiger partial charge on any atom is 0.260 e. The molecule has 0 aliphatic carbocycles. The second kappa shape index (κ2) is 6.61. The molecule has 1 aliphatic rings. The Kier molecular flexibility index (Phi) is 4.29. The number of para-hydroxylation sites is 2. The van der Waals surface area contributed by atoms with Crippen molar-refractivity contribution < 1.29 is 4.79 Å². The number of aromatic nitrogens is 1. The number of benzene rings is 2. The number of fused-ring (bicyclic) bond motifs is 2. The first-order valence-electron chi connectivity index (χ1n) is 9.20. The van der Waals surface area contributed by atoms with Crippen LogP contribution in [0.5, 0.6) is 0 Å². The van der Waals surface area contributed by atoms with Gasteiger partial charge in [-0.15, -0.1) is 0 Å². The Morgan fingerprint density at radius 2 is 1.85 bits per heavy atom. The lowest BCUT2D eigenvalue weighted by molar-refractivity contribution is 0.0983. The van der Waals surface area contributed by atoms with Crippen LogP contribution < -0.4 is 4.90 Å². The second-order valence-corrected chi connectivity index (χ2v) is 7.41. The van der Waals surface area contributed by atoms with E-state index in [2.05, 4.69) is 54.8 Å². The number of hydrogen-bond donors (Lipinski definition) is 0. The van der Waals surface area contributed by atoms with E-state index in [0.29, 0.717) is 0 Å². The van der Waals surface area contributed by atoms with Gasteiger partial charge in [-0.3, -0.25) is 4.79 Å². The van der Waals surface area contributed by atoms with Crippen LogP contribution >= 0.6 is 0 Å². The third-order valence-corrected chi connectivity index (χ3v) is 5.23. The molecule has 1 atom stereocenters. The van der Waals surface area contributed by atoms with Gasteiger partial charge in [-0.25, -0.2) is 0 Å². The predicted molar refractivity (Wildman–Crippen MR) is 107 cm³/mol. The first-order valence-corrected chi connectivity index (χ1v) is 9.20. The van der Waals surface area contributed by atoms with Crippen molar-refractivity contribution in [1.82, 2.24) is 9.47 Å². The second-order valence-electron chi connectivity index (χ2n) is 7.41. The Hall–Kier alpha value is -2.59. The Morgan fingerprint density at radius 1 is 1.12 bits per heavy atom. The van der Waals surface area contributed by atoms with Gasteiger partial charge >= 0.3 is 0 Å². The molecule has 0 saturated carbocycles. The quantitative estimate of drug-likeness (QED) is 0.718. The smallest absolute Gasteiger partial charge is 0.260 e. The van der Waals surface area contributed by atoms with Crippen molar-refractivity contribution in [3.05, 3.63) is 65.9 Å².